The third-order valence-corrected chi connectivity index (χ3v) is 2.20. The fourth-order valence-electron chi connectivity index (χ4n) is 0.852. The average molecular weight is 224 g/mol. The highest BCUT2D eigenvalue weighted by atomic mass is 32.1. The number of nitrogens with zero attached hydrogens (tertiary/aromatic N) is 4. The van der Waals surface area contributed by atoms with Crippen molar-refractivity contribution < 1.29 is 13.2 Å². The number of nitrogens with one attached hydrogen (secondary N) is 1. The summed E-state index contributed by atoms with van der Waals surface area (Å²) in [5.74, 6) is 3.83. The molecule has 14 heavy (non-hydrogen) atoms. The zero-order valence-corrected chi connectivity index (χ0v) is 7.22. The molecule has 2 rings (SSSR count). The number of rotatable bonds is 1. The van der Waals surface area contributed by atoms with Crippen LogP contribution < -0.4 is 11.3 Å². The Hall–Kier alpha value is -1.42. The van der Waals surface area contributed by atoms with Gasteiger partial charge in [-0.3, -0.25) is 5.43 Å². The van der Waals surface area contributed by atoms with E-state index in [1.54, 1.807) is 0 Å². The van der Waals surface area contributed by atoms with Gasteiger partial charge in [-0.25, -0.2) is 5.84 Å². The molecule has 0 fully saturated rings. The van der Waals surface area contributed by atoms with E-state index in [4.69, 9.17) is 5.84 Å². The van der Waals surface area contributed by atoms with Gasteiger partial charge in [-0.2, -0.15) is 17.7 Å². The molecule has 3 N–H and O–H groups in total. The van der Waals surface area contributed by atoms with E-state index in [1.165, 1.54) is 0 Å². The van der Waals surface area contributed by atoms with Crippen LogP contribution in [0, 0.1) is 0 Å². The maximum Gasteiger partial charge on any atom is 0.453 e. The van der Waals surface area contributed by atoms with Crippen molar-refractivity contribution in [3.63, 3.8) is 0 Å². The Labute approximate surface area is 78.5 Å². The van der Waals surface area contributed by atoms with Crippen LogP contribution in [0.1, 0.15) is 5.82 Å². The van der Waals surface area contributed by atoms with E-state index in [0.29, 0.717) is 4.52 Å². The van der Waals surface area contributed by atoms with E-state index in [1.807, 2.05) is 0 Å². The first-order chi connectivity index (χ1) is 6.52. The second-order valence-electron chi connectivity index (χ2n) is 2.27. The van der Waals surface area contributed by atoms with Crippen molar-refractivity contribution in [2.45, 2.75) is 6.18 Å². The van der Waals surface area contributed by atoms with Crippen LogP contribution in [0.15, 0.2) is 0 Å². The van der Waals surface area contributed by atoms with Crippen molar-refractivity contribution >= 4 is 21.4 Å². The average Bonchev–Trinajstić information content (AvgIpc) is 2.57. The summed E-state index contributed by atoms with van der Waals surface area (Å²) in [4.78, 5) is 0.0327. The van der Waals surface area contributed by atoms with Crippen LogP contribution in [-0.2, 0) is 6.18 Å². The lowest BCUT2D eigenvalue weighted by Crippen LogP contribution is -2.12. The normalized spacial score (nSPS) is 12.3. The van der Waals surface area contributed by atoms with Crippen LogP contribution >= 0.6 is 11.3 Å². The molecule has 76 valence electrons. The molecule has 0 radical (unpaired) electrons. The maximum absolute atomic E-state index is 12.3. The fourth-order valence-corrected chi connectivity index (χ4v) is 1.50. The van der Waals surface area contributed by atoms with Gasteiger partial charge >= 0.3 is 6.18 Å². The molecule has 0 amide bonds. The number of aromatic nitrogens is 4. The van der Waals surface area contributed by atoms with Crippen LogP contribution in [0.5, 0.6) is 0 Å². The molecule has 0 aliphatic rings. The molecule has 0 saturated heterocycles. The molecule has 0 unspecified atom stereocenters. The summed E-state index contributed by atoms with van der Waals surface area (Å²) in [6, 6.07) is 0. The standard InChI is InChI=1S/C4H3F3N6S/c5-4(6,7)1-10-11-3-13(1)12-2(9-8)14-3/h8H2,(H,9,12). The van der Waals surface area contributed by atoms with Crippen LogP contribution in [0.3, 0.4) is 0 Å². The predicted molar refractivity (Wildman–Crippen MR) is 41.5 cm³/mol. The maximum atomic E-state index is 12.3. The molecule has 0 aromatic carbocycles. The van der Waals surface area contributed by atoms with Gasteiger partial charge in [-0.05, 0) is 0 Å². The van der Waals surface area contributed by atoms with E-state index in [-0.39, 0.29) is 10.1 Å². The summed E-state index contributed by atoms with van der Waals surface area (Å²) < 4.78 is 37.4. The summed E-state index contributed by atoms with van der Waals surface area (Å²) in [5, 5.41) is 9.93. The van der Waals surface area contributed by atoms with E-state index >= 15 is 0 Å². The number of hydrogen-bond donors (Lipinski definition) is 2. The van der Waals surface area contributed by atoms with Gasteiger partial charge in [0.1, 0.15) is 0 Å². The van der Waals surface area contributed by atoms with Crippen LogP contribution in [-0.4, -0.2) is 19.8 Å². The number of anilines is 1. The number of nitrogens with two attached hydrogens (primary N) is 1. The Morgan fingerprint density at radius 3 is 2.64 bits per heavy atom. The second kappa shape index (κ2) is 2.78. The van der Waals surface area contributed by atoms with Gasteiger partial charge in [0.25, 0.3) is 5.82 Å². The lowest BCUT2D eigenvalue weighted by atomic mass is 10.6. The van der Waals surface area contributed by atoms with E-state index in [2.05, 4.69) is 20.7 Å². The Morgan fingerprint density at radius 1 is 1.36 bits per heavy atom. The Balaban J connectivity index is 2.61. The number of hydrogen-bond acceptors (Lipinski definition) is 6. The summed E-state index contributed by atoms with van der Waals surface area (Å²) in [6.45, 7) is 0. The van der Waals surface area contributed by atoms with Crippen molar-refractivity contribution in [2.75, 3.05) is 5.43 Å². The highest BCUT2D eigenvalue weighted by molar-refractivity contribution is 7.20. The molecule has 0 aliphatic heterocycles. The molecule has 2 aromatic heterocycles. The summed E-state index contributed by atoms with van der Waals surface area (Å²) >= 11 is 0.876. The molecular formula is C4H3F3N6S. The lowest BCUT2D eigenvalue weighted by molar-refractivity contribution is -0.146. The van der Waals surface area contributed by atoms with Crippen LogP contribution in [0.4, 0.5) is 18.3 Å². The first-order valence-corrected chi connectivity index (χ1v) is 4.10. The zero-order valence-electron chi connectivity index (χ0n) is 6.41. The quantitative estimate of drug-likeness (QED) is 0.544. The monoisotopic (exact) mass is 224 g/mol. The molecule has 0 bridgehead atoms. The topological polar surface area (TPSA) is 81.1 Å². The molecule has 6 nitrogen and oxygen atoms in total. The molecule has 2 heterocycles. The van der Waals surface area contributed by atoms with Gasteiger partial charge in [0.2, 0.25) is 10.1 Å². The zero-order chi connectivity index (χ0) is 10.3. The van der Waals surface area contributed by atoms with Crippen LogP contribution in [0.2, 0.25) is 0 Å². The van der Waals surface area contributed by atoms with Gasteiger partial charge in [0.15, 0.2) is 0 Å². The minimum absolute atomic E-state index is 0.0327. The van der Waals surface area contributed by atoms with Crippen LogP contribution in [0.25, 0.3) is 4.96 Å². The van der Waals surface area contributed by atoms with Crippen molar-refractivity contribution in [2.24, 2.45) is 5.84 Å². The van der Waals surface area contributed by atoms with Crippen molar-refractivity contribution in [1.29, 1.82) is 0 Å². The number of halogens is 3. The fraction of sp³-hybridized carbons (Fsp3) is 0.250. The smallest absolute Gasteiger partial charge is 0.298 e. The number of nitrogen functional groups attached to an aromatic ring is 1. The Morgan fingerprint density at radius 2 is 2.07 bits per heavy atom. The number of hydrazine groups is 1. The van der Waals surface area contributed by atoms with E-state index < -0.39 is 12.0 Å². The Kier molecular flexibility index (Phi) is 1.82. The minimum atomic E-state index is -4.57. The Bertz CT molecular complexity index is 457. The summed E-state index contributed by atoms with van der Waals surface area (Å²) in [5.41, 5.74) is 2.13. The van der Waals surface area contributed by atoms with Gasteiger partial charge < -0.3 is 0 Å². The first-order valence-electron chi connectivity index (χ1n) is 3.28. The molecule has 0 spiro atoms. The molecule has 0 aliphatic carbocycles. The summed E-state index contributed by atoms with van der Waals surface area (Å²) in [7, 11) is 0. The molecule has 10 heteroatoms. The highest BCUT2D eigenvalue weighted by Gasteiger charge is 2.38. The van der Waals surface area contributed by atoms with E-state index in [0.717, 1.165) is 11.3 Å². The minimum Gasteiger partial charge on any atom is -0.298 e. The molecule has 0 atom stereocenters. The third kappa shape index (κ3) is 1.28. The SMILES string of the molecule is NNc1nn2c(C(F)(F)F)nnc2s1. The molecule has 2 aromatic rings. The van der Waals surface area contributed by atoms with Gasteiger partial charge in [-0.1, -0.05) is 11.3 Å². The number of alkyl halides is 3. The first kappa shape index (κ1) is 9.15. The number of fused-ring (bicyclic) bond motifs is 1. The largest absolute Gasteiger partial charge is 0.453 e. The van der Waals surface area contributed by atoms with Gasteiger partial charge in [-0.15, -0.1) is 15.3 Å². The van der Waals surface area contributed by atoms with Gasteiger partial charge in [0.05, 0.1) is 0 Å². The summed E-state index contributed by atoms with van der Waals surface area (Å²) in [6.07, 6.45) is -4.57. The van der Waals surface area contributed by atoms with Gasteiger partial charge in [0, 0.05) is 0 Å². The third-order valence-electron chi connectivity index (χ3n) is 1.37. The second-order valence-corrected chi connectivity index (χ2v) is 3.22. The van der Waals surface area contributed by atoms with E-state index in [9.17, 15) is 13.2 Å². The van der Waals surface area contributed by atoms with Crippen molar-refractivity contribution in [3.05, 3.63) is 5.82 Å². The predicted octanol–water partition coefficient (Wildman–Crippen LogP) is 0.490. The lowest BCUT2D eigenvalue weighted by Gasteiger charge is -1.99. The molecular weight excluding hydrogens is 221 g/mol. The highest BCUT2D eigenvalue weighted by Crippen LogP contribution is 2.29. The van der Waals surface area contributed by atoms with Crippen molar-refractivity contribution in [3.8, 4) is 0 Å². The van der Waals surface area contributed by atoms with Crippen molar-refractivity contribution in [1.82, 2.24) is 19.8 Å². The molecule has 0 saturated carbocycles.